The summed E-state index contributed by atoms with van der Waals surface area (Å²) < 4.78 is 16.2. The van der Waals surface area contributed by atoms with E-state index < -0.39 is 29.5 Å². The second kappa shape index (κ2) is 13.8. The molecule has 1 saturated heterocycles. The van der Waals surface area contributed by atoms with E-state index >= 15 is 0 Å². The van der Waals surface area contributed by atoms with Gasteiger partial charge in [-0.05, 0) is 36.3 Å². The monoisotopic (exact) mass is 599 g/mol. The zero-order valence-electron chi connectivity index (χ0n) is 23.3. The molecule has 0 unspecified atom stereocenters. The van der Waals surface area contributed by atoms with Gasteiger partial charge in [0, 0.05) is 17.5 Å². The summed E-state index contributed by atoms with van der Waals surface area (Å²) in [6, 6.07) is 24.0. The molecule has 2 aliphatic rings. The zero-order chi connectivity index (χ0) is 30.2. The van der Waals surface area contributed by atoms with Crippen LogP contribution >= 0.6 is 11.8 Å². The smallest absolute Gasteiger partial charge is 0.407 e. The minimum atomic E-state index is -0.863. The molecule has 2 amide bonds. The summed E-state index contributed by atoms with van der Waals surface area (Å²) in [6.07, 6.45) is 1.74. The standard InChI is InChI=1S/C32H29N3O7S/c1-2-40-26(36)18-34-32(39)41-19-23-20-43-30-25(17-24-15-9-10-16-33-24)29(37)35(30)27(23)31(38)42-28(21-11-5-3-6-12-21)22-13-7-4-8-14-22/h3-17,28,30H,2,18-20H2,1H3,(H,34,39)/b25-17-/t30-/m1/s1. The molecule has 1 atom stereocenters. The average molecular weight is 600 g/mol. The molecule has 2 aliphatic heterocycles. The maximum absolute atomic E-state index is 14.0. The highest BCUT2D eigenvalue weighted by Gasteiger charge is 2.50. The number of rotatable bonds is 10. The van der Waals surface area contributed by atoms with Crippen LogP contribution in [0.2, 0.25) is 0 Å². The van der Waals surface area contributed by atoms with Crippen molar-refractivity contribution >= 4 is 41.8 Å². The lowest BCUT2D eigenvalue weighted by Crippen LogP contribution is -2.56. The van der Waals surface area contributed by atoms with Gasteiger partial charge in [0.15, 0.2) is 6.10 Å². The number of hydrogen-bond acceptors (Lipinski definition) is 9. The Morgan fingerprint density at radius 2 is 1.67 bits per heavy atom. The van der Waals surface area contributed by atoms with E-state index in [0.29, 0.717) is 22.6 Å². The predicted octanol–water partition coefficient (Wildman–Crippen LogP) is 4.26. The van der Waals surface area contributed by atoms with Crippen LogP contribution in [0.5, 0.6) is 0 Å². The minimum absolute atomic E-state index is 0.0296. The maximum Gasteiger partial charge on any atom is 0.407 e. The lowest BCUT2D eigenvalue weighted by molar-refractivity contribution is -0.149. The summed E-state index contributed by atoms with van der Waals surface area (Å²) in [5, 5.41) is 1.89. The third-order valence-corrected chi connectivity index (χ3v) is 7.93. The van der Waals surface area contributed by atoms with Gasteiger partial charge < -0.3 is 19.5 Å². The van der Waals surface area contributed by atoms with Crippen LogP contribution in [0.25, 0.3) is 6.08 Å². The Hall–Kier alpha value is -4.90. The molecule has 0 spiro atoms. The third kappa shape index (κ3) is 6.95. The van der Waals surface area contributed by atoms with Gasteiger partial charge >= 0.3 is 18.0 Å². The number of nitrogens with zero attached hydrogens (tertiary/aromatic N) is 2. The largest absolute Gasteiger partial charge is 0.465 e. The van der Waals surface area contributed by atoms with E-state index in [9.17, 15) is 19.2 Å². The van der Waals surface area contributed by atoms with Crippen LogP contribution in [-0.2, 0) is 28.6 Å². The number of carbonyl (C=O) groups is 4. The number of hydrogen-bond donors (Lipinski definition) is 1. The molecular formula is C32H29N3O7S. The van der Waals surface area contributed by atoms with Crippen molar-refractivity contribution < 1.29 is 33.4 Å². The molecule has 43 heavy (non-hydrogen) atoms. The van der Waals surface area contributed by atoms with Crippen molar-refractivity contribution in [1.29, 1.82) is 0 Å². The number of carbonyl (C=O) groups excluding carboxylic acids is 4. The average Bonchev–Trinajstić information content (AvgIpc) is 3.05. The van der Waals surface area contributed by atoms with Gasteiger partial charge in [-0.25, -0.2) is 9.59 Å². The molecule has 0 aliphatic carbocycles. The van der Waals surface area contributed by atoms with Crippen LogP contribution in [0.3, 0.4) is 0 Å². The van der Waals surface area contributed by atoms with Gasteiger partial charge in [0.1, 0.15) is 24.2 Å². The van der Waals surface area contributed by atoms with Crippen LogP contribution < -0.4 is 5.32 Å². The molecule has 1 aromatic heterocycles. The van der Waals surface area contributed by atoms with Gasteiger partial charge in [0.2, 0.25) is 0 Å². The number of amides is 2. The first-order valence-corrected chi connectivity index (χ1v) is 14.7. The fourth-order valence-corrected chi connectivity index (χ4v) is 5.92. The SMILES string of the molecule is CCOC(=O)CNC(=O)OCC1=C(C(=O)OC(c2ccccc2)c2ccccc2)N2C(=O)/C(=C/c3ccccn3)[C@H]2SC1. The quantitative estimate of drug-likeness (QED) is 0.158. The fourth-order valence-electron chi connectivity index (χ4n) is 4.64. The number of β-lactam (4-membered cyclic amide) rings is 1. The third-order valence-electron chi connectivity index (χ3n) is 6.63. The molecule has 1 N–H and O–H groups in total. The number of nitrogens with one attached hydrogen (secondary N) is 1. The normalized spacial score (nSPS) is 16.8. The molecule has 0 bridgehead atoms. The highest BCUT2D eigenvalue weighted by molar-refractivity contribution is 8.00. The van der Waals surface area contributed by atoms with Crippen molar-refractivity contribution in [2.75, 3.05) is 25.5 Å². The molecule has 3 aromatic rings. The molecule has 0 radical (unpaired) electrons. The van der Waals surface area contributed by atoms with Crippen molar-refractivity contribution in [2.45, 2.75) is 18.4 Å². The summed E-state index contributed by atoms with van der Waals surface area (Å²) in [7, 11) is 0. The van der Waals surface area contributed by atoms with Crippen molar-refractivity contribution in [1.82, 2.24) is 15.2 Å². The predicted molar refractivity (Wildman–Crippen MR) is 159 cm³/mol. The van der Waals surface area contributed by atoms with E-state index in [-0.39, 0.29) is 31.4 Å². The van der Waals surface area contributed by atoms with Gasteiger partial charge in [-0.15, -0.1) is 11.8 Å². The molecular weight excluding hydrogens is 570 g/mol. The number of alkyl carbamates (subject to hydrolysis) is 1. The second-order valence-corrected chi connectivity index (χ2v) is 10.6. The van der Waals surface area contributed by atoms with E-state index in [1.165, 1.54) is 16.7 Å². The van der Waals surface area contributed by atoms with Crippen molar-refractivity contribution in [3.8, 4) is 0 Å². The van der Waals surface area contributed by atoms with Crippen LogP contribution in [0.15, 0.2) is 102 Å². The summed E-state index contributed by atoms with van der Waals surface area (Å²) >= 11 is 1.42. The number of ether oxygens (including phenoxy) is 3. The van der Waals surface area contributed by atoms with Crippen LogP contribution in [0.1, 0.15) is 29.8 Å². The number of pyridine rings is 1. The molecule has 3 heterocycles. The first kappa shape index (κ1) is 29.6. The van der Waals surface area contributed by atoms with Gasteiger partial charge in [-0.2, -0.15) is 0 Å². The summed E-state index contributed by atoms with van der Waals surface area (Å²) in [4.78, 5) is 57.0. The first-order valence-electron chi connectivity index (χ1n) is 13.6. The molecule has 0 saturated carbocycles. The highest BCUT2D eigenvalue weighted by Crippen LogP contribution is 2.45. The Kier molecular flexibility index (Phi) is 9.52. The highest BCUT2D eigenvalue weighted by atomic mass is 32.2. The fraction of sp³-hybridized carbons (Fsp3) is 0.219. The van der Waals surface area contributed by atoms with Gasteiger partial charge in [0.05, 0.1) is 17.9 Å². The number of thioether (sulfide) groups is 1. The van der Waals surface area contributed by atoms with Crippen molar-refractivity contribution in [2.24, 2.45) is 0 Å². The first-order chi connectivity index (χ1) is 21.0. The van der Waals surface area contributed by atoms with Gasteiger partial charge in [0.25, 0.3) is 5.91 Å². The zero-order valence-corrected chi connectivity index (χ0v) is 24.1. The van der Waals surface area contributed by atoms with E-state index in [1.54, 1.807) is 31.3 Å². The van der Waals surface area contributed by atoms with Crippen molar-refractivity contribution in [3.63, 3.8) is 0 Å². The van der Waals surface area contributed by atoms with E-state index in [0.717, 1.165) is 11.1 Å². The van der Waals surface area contributed by atoms with E-state index in [2.05, 4.69) is 10.3 Å². The lowest BCUT2D eigenvalue weighted by Gasteiger charge is -2.46. The molecule has 220 valence electrons. The molecule has 2 aromatic carbocycles. The van der Waals surface area contributed by atoms with Gasteiger partial charge in [-0.3, -0.25) is 19.5 Å². The van der Waals surface area contributed by atoms with Crippen molar-refractivity contribution in [3.05, 3.63) is 119 Å². The Morgan fingerprint density at radius 3 is 2.30 bits per heavy atom. The molecule has 10 nitrogen and oxygen atoms in total. The lowest BCUT2D eigenvalue weighted by atomic mass is 10.00. The Bertz CT molecular complexity index is 1510. The maximum atomic E-state index is 14.0. The minimum Gasteiger partial charge on any atom is -0.465 e. The number of benzene rings is 2. The Balaban J connectivity index is 1.42. The molecule has 1 fully saturated rings. The van der Waals surface area contributed by atoms with E-state index in [1.807, 2.05) is 66.7 Å². The summed E-state index contributed by atoms with van der Waals surface area (Å²) in [6.45, 7) is 1.19. The van der Waals surface area contributed by atoms with Crippen LogP contribution in [-0.4, -0.2) is 64.7 Å². The molecule has 5 rings (SSSR count). The number of esters is 2. The number of aromatic nitrogens is 1. The van der Waals surface area contributed by atoms with Gasteiger partial charge in [-0.1, -0.05) is 66.7 Å². The topological polar surface area (TPSA) is 124 Å². The summed E-state index contributed by atoms with van der Waals surface area (Å²) in [5.74, 6) is -1.40. The van der Waals surface area contributed by atoms with Crippen LogP contribution in [0, 0.1) is 0 Å². The number of fused-ring (bicyclic) bond motifs is 1. The Labute approximate surface area is 252 Å². The van der Waals surface area contributed by atoms with E-state index in [4.69, 9.17) is 14.2 Å². The second-order valence-electron chi connectivity index (χ2n) is 9.49. The Morgan fingerprint density at radius 1 is 1.00 bits per heavy atom. The van der Waals surface area contributed by atoms with Crippen LogP contribution in [0.4, 0.5) is 4.79 Å². The molecule has 11 heteroatoms. The summed E-state index contributed by atoms with van der Waals surface area (Å²) in [5.41, 5.74) is 3.07.